The molecular weight excluding hydrogens is 331 g/mol. The van der Waals surface area contributed by atoms with Crippen molar-refractivity contribution in [1.29, 1.82) is 0 Å². The number of likely N-dealkylation sites (N-methyl/N-ethyl adjacent to an activating group) is 1. The molecule has 2 aromatic rings. The largest absolute Gasteiger partial charge is 0.491 e. The van der Waals surface area contributed by atoms with Crippen LogP contribution in [0.5, 0.6) is 5.75 Å². The van der Waals surface area contributed by atoms with Crippen molar-refractivity contribution in [1.82, 2.24) is 4.90 Å². The fourth-order valence-corrected chi connectivity index (χ4v) is 2.38. The zero-order valence-electron chi connectivity index (χ0n) is 14.1. The van der Waals surface area contributed by atoms with Crippen LogP contribution in [0.15, 0.2) is 48.5 Å². The van der Waals surface area contributed by atoms with Gasteiger partial charge in [-0.25, -0.2) is 0 Å². The number of ketones is 1. The number of alkyl halides is 3. The molecule has 0 radical (unpaired) electrons. The van der Waals surface area contributed by atoms with Crippen molar-refractivity contribution < 1.29 is 22.7 Å². The molecule has 6 heteroatoms. The number of hydrogen-bond acceptors (Lipinski definition) is 3. The molecular formula is C19H20F3NO2. The van der Waals surface area contributed by atoms with Crippen molar-refractivity contribution in [2.45, 2.75) is 19.6 Å². The van der Waals surface area contributed by atoms with Gasteiger partial charge < -0.3 is 4.74 Å². The summed E-state index contributed by atoms with van der Waals surface area (Å²) in [6.07, 6.45) is -4.32. The van der Waals surface area contributed by atoms with Crippen LogP contribution in [0.25, 0.3) is 0 Å². The van der Waals surface area contributed by atoms with Gasteiger partial charge in [0.2, 0.25) is 0 Å². The number of Topliss-reactive ketones (excluding diaryl/α,β-unsaturated/α-hetero) is 1. The Labute approximate surface area is 145 Å². The molecule has 0 aliphatic carbocycles. The average Bonchev–Trinajstić information content (AvgIpc) is 2.55. The first-order valence-corrected chi connectivity index (χ1v) is 7.85. The normalized spacial score (nSPS) is 11.6. The lowest BCUT2D eigenvalue weighted by atomic mass is 10.1. The van der Waals surface area contributed by atoms with E-state index in [-0.39, 0.29) is 5.78 Å². The van der Waals surface area contributed by atoms with E-state index in [1.807, 2.05) is 11.9 Å². The van der Waals surface area contributed by atoms with Crippen LogP contribution in [0.4, 0.5) is 13.2 Å². The fourth-order valence-electron chi connectivity index (χ4n) is 2.38. The number of halogens is 3. The molecule has 2 rings (SSSR count). The van der Waals surface area contributed by atoms with Crippen molar-refractivity contribution in [3.05, 3.63) is 65.2 Å². The highest BCUT2D eigenvalue weighted by atomic mass is 19.4. The quantitative estimate of drug-likeness (QED) is 0.692. The van der Waals surface area contributed by atoms with Crippen LogP contribution < -0.4 is 4.74 Å². The average molecular weight is 351 g/mol. The summed E-state index contributed by atoms with van der Waals surface area (Å²) in [7, 11) is 1.86. The van der Waals surface area contributed by atoms with Crippen LogP contribution in [0.3, 0.4) is 0 Å². The molecule has 0 aliphatic rings. The lowest BCUT2D eigenvalue weighted by Gasteiger charge is -2.18. The van der Waals surface area contributed by atoms with E-state index in [1.165, 1.54) is 19.1 Å². The molecule has 3 nitrogen and oxygen atoms in total. The summed E-state index contributed by atoms with van der Waals surface area (Å²) in [5, 5.41) is 0. The fraction of sp³-hybridized carbons (Fsp3) is 0.316. The number of rotatable bonds is 7. The Morgan fingerprint density at radius 3 is 2.32 bits per heavy atom. The maximum absolute atomic E-state index is 12.5. The third-order valence-electron chi connectivity index (χ3n) is 3.73. The molecule has 25 heavy (non-hydrogen) atoms. The van der Waals surface area contributed by atoms with Gasteiger partial charge in [0.15, 0.2) is 5.78 Å². The second kappa shape index (κ2) is 8.16. The molecule has 0 heterocycles. The van der Waals surface area contributed by atoms with Crippen molar-refractivity contribution in [2.75, 3.05) is 20.2 Å². The highest BCUT2D eigenvalue weighted by molar-refractivity contribution is 5.96. The minimum absolute atomic E-state index is 0.0614. The molecule has 0 saturated carbocycles. The van der Waals surface area contributed by atoms with Crippen molar-refractivity contribution in [3.63, 3.8) is 0 Å². The molecule has 0 aliphatic heterocycles. The molecule has 0 N–H and O–H groups in total. The first-order chi connectivity index (χ1) is 11.8. The Bertz CT molecular complexity index is 711. The van der Waals surface area contributed by atoms with E-state index >= 15 is 0 Å². The zero-order chi connectivity index (χ0) is 18.4. The number of carbonyl (C=O) groups is 1. The van der Waals surface area contributed by atoms with Crippen molar-refractivity contribution in [2.24, 2.45) is 0 Å². The molecule has 0 bridgehead atoms. The molecule has 0 saturated heterocycles. The van der Waals surface area contributed by atoms with Gasteiger partial charge in [0.1, 0.15) is 12.4 Å². The van der Waals surface area contributed by atoms with Gasteiger partial charge in [-0.05, 0) is 43.8 Å². The summed E-state index contributed by atoms with van der Waals surface area (Å²) in [5.74, 6) is 0.478. The van der Waals surface area contributed by atoms with E-state index in [4.69, 9.17) is 4.74 Å². The number of carbonyl (C=O) groups excluding carboxylic acids is 1. The van der Waals surface area contributed by atoms with Crippen LogP contribution in [0, 0.1) is 0 Å². The van der Waals surface area contributed by atoms with Crippen LogP contribution in [0.2, 0.25) is 0 Å². The van der Waals surface area contributed by atoms with Gasteiger partial charge in [-0.2, -0.15) is 13.2 Å². The van der Waals surface area contributed by atoms with E-state index in [2.05, 4.69) is 0 Å². The predicted octanol–water partition coefficient (Wildman–Crippen LogP) is 4.42. The maximum atomic E-state index is 12.5. The Morgan fingerprint density at radius 1 is 1.08 bits per heavy atom. The van der Waals surface area contributed by atoms with Crippen molar-refractivity contribution >= 4 is 5.78 Å². The molecule has 0 spiro atoms. The van der Waals surface area contributed by atoms with E-state index in [1.54, 1.807) is 24.3 Å². The molecule has 0 aromatic heterocycles. The summed E-state index contributed by atoms with van der Waals surface area (Å²) in [4.78, 5) is 13.5. The van der Waals surface area contributed by atoms with Gasteiger partial charge in [0, 0.05) is 13.1 Å². The summed E-state index contributed by atoms with van der Waals surface area (Å²) in [6.45, 7) is 2.95. The Morgan fingerprint density at radius 2 is 1.72 bits per heavy atom. The van der Waals surface area contributed by atoms with Crippen LogP contribution in [-0.4, -0.2) is 30.9 Å². The number of para-hydroxylation sites is 1. The highest BCUT2D eigenvalue weighted by Gasteiger charge is 2.29. The van der Waals surface area contributed by atoms with E-state index in [0.717, 1.165) is 17.7 Å². The maximum Gasteiger partial charge on any atom is 0.416 e. The molecule has 0 fully saturated rings. The SMILES string of the molecule is CC(=O)c1ccccc1OCCN(C)Cc1ccc(C(F)(F)F)cc1. The topological polar surface area (TPSA) is 29.5 Å². The minimum Gasteiger partial charge on any atom is -0.491 e. The van der Waals surface area contributed by atoms with Gasteiger partial charge in [0.25, 0.3) is 0 Å². The number of hydrogen-bond donors (Lipinski definition) is 0. The zero-order valence-corrected chi connectivity index (χ0v) is 14.1. The van der Waals surface area contributed by atoms with Gasteiger partial charge in [0.05, 0.1) is 11.1 Å². The number of nitrogens with zero attached hydrogens (tertiary/aromatic N) is 1. The molecule has 2 aromatic carbocycles. The summed E-state index contributed by atoms with van der Waals surface area (Å²) in [6, 6.07) is 12.2. The molecule has 0 amide bonds. The second-order valence-corrected chi connectivity index (χ2v) is 5.83. The highest BCUT2D eigenvalue weighted by Crippen LogP contribution is 2.29. The summed E-state index contributed by atoms with van der Waals surface area (Å²) >= 11 is 0. The van der Waals surface area contributed by atoms with Gasteiger partial charge in [-0.1, -0.05) is 24.3 Å². The van der Waals surface area contributed by atoms with Gasteiger partial charge in [-0.15, -0.1) is 0 Å². The Kier molecular flexibility index (Phi) is 6.20. The van der Waals surface area contributed by atoms with Crippen LogP contribution in [-0.2, 0) is 12.7 Å². The summed E-state index contributed by atoms with van der Waals surface area (Å²) < 4.78 is 43.3. The minimum atomic E-state index is -4.32. The summed E-state index contributed by atoms with van der Waals surface area (Å²) in [5.41, 5.74) is 0.676. The monoisotopic (exact) mass is 351 g/mol. The molecule has 0 atom stereocenters. The van der Waals surface area contributed by atoms with E-state index in [0.29, 0.717) is 31.0 Å². The Hall–Kier alpha value is -2.34. The number of benzene rings is 2. The lowest BCUT2D eigenvalue weighted by Crippen LogP contribution is -2.24. The Balaban J connectivity index is 1.85. The van der Waals surface area contributed by atoms with Gasteiger partial charge in [-0.3, -0.25) is 9.69 Å². The van der Waals surface area contributed by atoms with E-state index in [9.17, 15) is 18.0 Å². The van der Waals surface area contributed by atoms with Crippen molar-refractivity contribution in [3.8, 4) is 5.75 Å². The predicted molar refractivity (Wildman–Crippen MR) is 89.7 cm³/mol. The van der Waals surface area contributed by atoms with Gasteiger partial charge >= 0.3 is 6.18 Å². The smallest absolute Gasteiger partial charge is 0.416 e. The third-order valence-corrected chi connectivity index (χ3v) is 3.73. The van der Waals surface area contributed by atoms with Crippen LogP contribution >= 0.6 is 0 Å². The number of ether oxygens (including phenoxy) is 1. The molecule has 134 valence electrons. The van der Waals surface area contributed by atoms with Crippen LogP contribution in [0.1, 0.15) is 28.4 Å². The third kappa shape index (κ3) is 5.60. The second-order valence-electron chi connectivity index (χ2n) is 5.83. The van der Waals surface area contributed by atoms with E-state index < -0.39 is 11.7 Å². The first-order valence-electron chi connectivity index (χ1n) is 7.85. The standard InChI is InChI=1S/C19H20F3NO2/c1-14(24)17-5-3-4-6-18(17)25-12-11-23(2)13-15-7-9-16(10-8-15)19(20,21)22/h3-10H,11-13H2,1-2H3. The molecule has 0 unspecified atom stereocenters. The lowest BCUT2D eigenvalue weighted by molar-refractivity contribution is -0.137. The first kappa shape index (κ1) is 19.0.